The maximum Gasteiger partial charge on any atom is 0.410 e. The monoisotopic (exact) mass is 396 g/mol. The Labute approximate surface area is 148 Å². The first-order valence-corrected chi connectivity index (χ1v) is 8.67. The first-order valence-electron chi connectivity index (χ1n) is 7.88. The highest BCUT2D eigenvalue weighted by molar-refractivity contribution is 9.10. The van der Waals surface area contributed by atoms with Crippen LogP contribution in [0.25, 0.3) is 11.2 Å². The van der Waals surface area contributed by atoms with Crippen molar-refractivity contribution in [2.45, 2.75) is 45.3 Å². The van der Waals surface area contributed by atoms with Crippen LogP contribution in [0.2, 0.25) is 0 Å². The Morgan fingerprint density at radius 1 is 1.33 bits per heavy atom. The van der Waals surface area contributed by atoms with Crippen molar-refractivity contribution >= 4 is 39.0 Å². The third-order valence-electron chi connectivity index (χ3n) is 3.94. The number of piperidine rings is 1. The summed E-state index contributed by atoms with van der Waals surface area (Å²) in [5, 5.41) is 0. The molecule has 1 aliphatic heterocycles. The summed E-state index contributed by atoms with van der Waals surface area (Å²) in [5.74, 6) is 0.366. The molecule has 9 heteroatoms. The summed E-state index contributed by atoms with van der Waals surface area (Å²) >= 11 is 3.49. The summed E-state index contributed by atoms with van der Waals surface area (Å²) in [6.07, 6.45) is 2.78. The molecule has 3 rings (SSSR count). The smallest absolute Gasteiger partial charge is 0.410 e. The van der Waals surface area contributed by atoms with Crippen molar-refractivity contribution in [1.29, 1.82) is 0 Å². The van der Waals surface area contributed by atoms with E-state index in [1.807, 2.05) is 25.3 Å². The van der Waals surface area contributed by atoms with Gasteiger partial charge in [0.05, 0.1) is 0 Å². The fourth-order valence-electron chi connectivity index (χ4n) is 2.86. The van der Waals surface area contributed by atoms with Gasteiger partial charge in [-0.3, -0.25) is 4.57 Å². The van der Waals surface area contributed by atoms with Crippen LogP contribution in [-0.4, -0.2) is 49.2 Å². The van der Waals surface area contributed by atoms with Crippen LogP contribution >= 0.6 is 15.9 Å². The van der Waals surface area contributed by atoms with Gasteiger partial charge < -0.3 is 15.4 Å². The number of halogens is 1. The van der Waals surface area contributed by atoms with Crippen LogP contribution < -0.4 is 5.73 Å². The van der Waals surface area contributed by atoms with Crippen LogP contribution in [-0.2, 0) is 4.74 Å². The molecule has 1 amide bonds. The summed E-state index contributed by atoms with van der Waals surface area (Å²) in [6.45, 7) is 6.88. The predicted molar refractivity (Wildman–Crippen MR) is 93.5 cm³/mol. The number of imidazole rings is 1. The number of carbonyl (C=O) groups is 1. The fourth-order valence-corrected chi connectivity index (χ4v) is 3.49. The molecule has 0 aromatic carbocycles. The van der Waals surface area contributed by atoms with Crippen LogP contribution in [0.5, 0.6) is 0 Å². The van der Waals surface area contributed by atoms with Gasteiger partial charge in [-0.2, -0.15) is 0 Å². The second kappa shape index (κ2) is 6.19. The minimum Gasteiger partial charge on any atom is -0.444 e. The van der Waals surface area contributed by atoms with Crippen molar-refractivity contribution in [1.82, 2.24) is 24.4 Å². The van der Waals surface area contributed by atoms with Gasteiger partial charge in [0.15, 0.2) is 21.7 Å². The van der Waals surface area contributed by atoms with E-state index in [1.165, 1.54) is 6.33 Å². The van der Waals surface area contributed by atoms with Gasteiger partial charge >= 0.3 is 6.09 Å². The third kappa shape index (κ3) is 3.31. The first-order chi connectivity index (χ1) is 11.3. The number of aromatic nitrogens is 4. The molecule has 2 N–H and O–H groups in total. The van der Waals surface area contributed by atoms with Gasteiger partial charge in [0.25, 0.3) is 0 Å². The van der Waals surface area contributed by atoms with Gasteiger partial charge in [-0.25, -0.2) is 19.7 Å². The van der Waals surface area contributed by atoms with Crippen molar-refractivity contribution in [2.75, 3.05) is 18.8 Å². The zero-order valence-electron chi connectivity index (χ0n) is 14.0. The summed E-state index contributed by atoms with van der Waals surface area (Å²) in [6, 6.07) is 0.192. The molecule has 1 saturated heterocycles. The Kier molecular flexibility index (Phi) is 4.37. The fraction of sp³-hybridized carbons (Fsp3) is 0.600. The Bertz CT molecular complexity index is 761. The zero-order chi connectivity index (χ0) is 17.5. The molecule has 0 atom stereocenters. The molecule has 1 fully saturated rings. The number of nitrogens with zero attached hydrogens (tertiary/aromatic N) is 5. The molecular formula is C15H21BrN6O2. The molecule has 0 aliphatic carbocycles. The first kappa shape index (κ1) is 16.9. The van der Waals surface area contributed by atoms with Crippen LogP contribution in [0.4, 0.5) is 10.6 Å². The SMILES string of the molecule is CC(C)(C)OC(=O)N1CCC(n2c(Br)nc3c(N)ncnc32)CC1. The number of amides is 1. The highest BCUT2D eigenvalue weighted by Crippen LogP contribution is 2.31. The number of likely N-dealkylation sites (tertiary alicyclic amines) is 1. The zero-order valence-corrected chi connectivity index (χ0v) is 15.6. The summed E-state index contributed by atoms with van der Waals surface area (Å²) in [7, 11) is 0. The van der Waals surface area contributed by atoms with Crippen LogP contribution in [0.15, 0.2) is 11.1 Å². The van der Waals surface area contributed by atoms with Gasteiger partial charge in [-0.1, -0.05) is 0 Å². The summed E-state index contributed by atoms with van der Waals surface area (Å²) in [4.78, 5) is 26.6. The minimum atomic E-state index is -0.480. The van der Waals surface area contributed by atoms with Crippen LogP contribution in [0, 0.1) is 0 Å². The quantitative estimate of drug-likeness (QED) is 0.743. The van der Waals surface area contributed by atoms with Gasteiger partial charge in [0, 0.05) is 19.1 Å². The van der Waals surface area contributed by atoms with Crippen molar-refractivity contribution < 1.29 is 9.53 Å². The molecule has 8 nitrogen and oxygen atoms in total. The van der Waals surface area contributed by atoms with E-state index in [2.05, 4.69) is 30.9 Å². The van der Waals surface area contributed by atoms with Crippen molar-refractivity contribution in [2.24, 2.45) is 0 Å². The second-order valence-corrected chi connectivity index (χ2v) is 7.59. The lowest BCUT2D eigenvalue weighted by Gasteiger charge is -2.34. The Morgan fingerprint density at radius 3 is 2.62 bits per heavy atom. The number of carbonyl (C=O) groups excluding carboxylic acids is 1. The topological polar surface area (TPSA) is 99.2 Å². The average molecular weight is 397 g/mol. The summed E-state index contributed by atoms with van der Waals surface area (Å²) < 4.78 is 8.14. The van der Waals surface area contributed by atoms with Gasteiger partial charge in [0.1, 0.15) is 11.9 Å². The van der Waals surface area contributed by atoms with Crippen molar-refractivity contribution in [3.8, 4) is 0 Å². The molecule has 0 radical (unpaired) electrons. The van der Waals surface area contributed by atoms with Crippen molar-refractivity contribution in [3.05, 3.63) is 11.1 Å². The number of ether oxygens (including phenoxy) is 1. The van der Waals surface area contributed by atoms with Crippen LogP contribution in [0.3, 0.4) is 0 Å². The average Bonchev–Trinajstić information content (AvgIpc) is 2.83. The van der Waals surface area contributed by atoms with E-state index in [-0.39, 0.29) is 12.1 Å². The lowest BCUT2D eigenvalue weighted by molar-refractivity contribution is 0.0189. The number of hydrogen-bond acceptors (Lipinski definition) is 6. The number of fused-ring (bicyclic) bond motifs is 1. The Balaban J connectivity index is 1.75. The highest BCUT2D eigenvalue weighted by atomic mass is 79.9. The van der Waals surface area contributed by atoms with Gasteiger partial charge in [-0.05, 0) is 49.5 Å². The lowest BCUT2D eigenvalue weighted by atomic mass is 10.1. The second-order valence-electron chi connectivity index (χ2n) is 6.88. The number of nitrogen functional groups attached to an aromatic ring is 1. The molecule has 2 aromatic heterocycles. The lowest BCUT2D eigenvalue weighted by Crippen LogP contribution is -2.42. The predicted octanol–water partition coefficient (Wildman–Crippen LogP) is 2.74. The minimum absolute atomic E-state index is 0.192. The molecule has 0 spiro atoms. The highest BCUT2D eigenvalue weighted by Gasteiger charge is 2.29. The molecule has 0 bridgehead atoms. The van der Waals surface area contributed by atoms with E-state index in [1.54, 1.807) is 4.90 Å². The molecule has 130 valence electrons. The maximum absolute atomic E-state index is 12.2. The number of rotatable bonds is 1. The standard InChI is InChI=1S/C15H21BrN6O2/c1-15(2,3)24-14(23)21-6-4-9(5-7-21)22-12-10(20-13(22)16)11(17)18-8-19-12/h8-9H,4-7H2,1-3H3,(H2,17,18,19). The Hall–Kier alpha value is -1.90. The Morgan fingerprint density at radius 2 is 2.00 bits per heavy atom. The van der Waals surface area contributed by atoms with Crippen molar-refractivity contribution in [3.63, 3.8) is 0 Å². The van der Waals surface area contributed by atoms with E-state index in [9.17, 15) is 4.79 Å². The number of nitrogens with two attached hydrogens (primary N) is 1. The van der Waals surface area contributed by atoms with E-state index < -0.39 is 5.60 Å². The van der Waals surface area contributed by atoms with Gasteiger partial charge in [-0.15, -0.1) is 0 Å². The van der Waals surface area contributed by atoms with E-state index in [0.29, 0.717) is 34.8 Å². The van der Waals surface area contributed by atoms with E-state index in [0.717, 1.165) is 12.8 Å². The largest absolute Gasteiger partial charge is 0.444 e. The number of hydrogen-bond donors (Lipinski definition) is 1. The normalized spacial score (nSPS) is 16.6. The van der Waals surface area contributed by atoms with Gasteiger partial charge in [0.2, 0.25) is 0 Å². The van der Waals surface area contributed by atoms with E-state index in [4.69, 9.17) is 10.5 Å². The number of anilines is 1. The summed E-state index contributed by atoms with van der Waals surface area (Å²) in [5.41, 5.74) is 6.70. The molecule has 3 heterocycles. The molecule has 24 heavy (non-hydrogen) atoms. The molecule has 0 unspecified atom stereocenters. The van der Waals surface area contributed by atoms with Crippen LogP contribution in [0.1, 0.15) is 39.7 Å². The molecule has 1 aliphatic rings. The third-order valence-corrected chi connectivity index (χ3v) is 4.50. The molecular weight excluding hydrogens is 376 g/mol. The molecule has 0 saturated carbocycles. The van der Waals surface area contributed by atoms with E-state index >= 15 is 0 Å². The molecule has 2 aromatic rings. The maximum atomic E-state index is 12.2.